The molecule has 1 unspecified atom stereocenters. The molecule has 0 aromatic heterocycles. The molecule has 1 saturated heterocycles. The van der Waals surface area contributed by atoms with Crippen LogP contribution in [-0.4, -0.2) is 55.6 Å². The maximum Gasteiger partial charge on any atom is 0.0109 e. The van der Waals surface area contributed by atoms with E-state index in [9.17, 15) is 0 Å². The highest BCUT2D eigenvalue weighted by atomic mass is 15.2. The van der Waals surface area contributed by atoms with Gasteiger partial charge in [0.25, 0.3) is 0 Å². The van der Waals surface area contributed by atoms with Gasteiger partial charge in [-0.15, -0.1) is 0 Å². The van der Waals surface area contributed by atoms with Gasteiger partial charge < -0.3 is 15.5 Å². The summed E-state index contributed by atoms with van der Waals surface area (Å²) >= 11 is 0. The molecule has 2 N–H and O–H groups in total. The van der Waals surface area contributed by atoms with Gasteiger partial charge in [-0.2, -0.15) is 0 Å². The lowest BCUT2D eigenvalue weighted by Crippen LogP contribution is -2.34. The minimum Gasteiger partial charge on any atom is -0.330 e. The van der Waals surface area contributed by atoms with Crippen molar-refractivity contribution < 1.29 is 0 Å². The van der Waals surface area contributed by atoms with Gasteiger partial charge >= 0.3 is 0 Å². The summed E-state index contributed by atoms with van der Waals surface area (Å²) in [6.07, 6.45) is 10.7. The number of unbranched alkanes of at least 4 members (excludes halogenated alkanes) is 3. The van der Waals surface area contributed by atoms with E-state index in [1.165, 1.54) is 90.6 Å². The van der Waals surface area contributed by atoms with E-state index >= 15 is 0 Å². The Morgan fingerprint density at radius 3 is 2.38 bits per heavy atom. The molecule has 0 saturated carbocycles. The molecule has 1 aliphatic rings. The van der Waals surface area contributed by atoms with Gasteiger partial charge in [0, 0.05) is 19.6 Å². The Kier molecular flexibility index (Phi) is 11.2. The first-order valence-corrected chi connectivity index (χ1v) is 9.44. The molecular weight excluding hydrogens is 258 g/mol. The zero-order valence-corrected chi connectivity index (χ0v) is 14.7. The zero-order chi connectivity index (χ0) is 15.3. The summed E-state index contributed by atoms with van der Waals surface area (Å²) in [5.74, 6) is 0.918. The Morgan fingerprint density at radius 1 is 0.905 bits per heavy atom. The molecule has 0 aliphatic carbocycles. The monoisotopic (exact) mass is 297 g/mol. The first-order chi connectivity index (χ1) is 10.3. The van der Waals surface area contributed by atoms with Crippen molar-refractivity contribution in [3.05, 3.63) is 0 Å². The molecule has 0 radical (unpaired) electrons. The highest BCUT2D eigenvalue weighted by Gasteiger charge is 2.17. The van der Waals surface area contributed by atoms with Crippen LogP contribution in [-0.2, 0) is 0 Å². The van der Waals surface area contributed by atoms with Gasteiger partial charge in [0.1, 0.15) is 0 Å². The number of rotatable bonds is 11. The molecule has 3 nitrogen and oxygen atoms in total. The summed E-state index contributed by atoms with van der Waals surface area (Å²) in [7, 11) is 0. The molecule has 0 bridgehead atoms. The third kappa shape index (κ3) is 8.80. The van der Waals surface area contributed by atoms with Crippen LogP contribution >= 0.6 is 0 Å². The lowest BCUT2D eigenvalue weighted by molar-refractivity contribution is 0.216. The highest BCUT2D eigenvalue weighted by molar-refractivity contribution is 4.72. The van der Waals surface area contributed by atoms with Gasteiger partial charge in [-0.25, -0.2) is 0 Å². The fourth-order valence-electron chi connectivity index (χ4n) is 3.37. The third-order valence-corrected chi connectivity index (χ3v) is 4.92. The van der Waals surface area contributed by atoms with Crippen LogP contribution in [0.5, 0.6) is 0 Å². The maximum absolute atomic E-state index is 5.56. The molecule has 1 aliphatic heterocycles. The Labute approximate surface area is 133 Å². The van der Waals surface area contributed by atoms with Crippen LogP contribution in [0.25, 0.3) is 0 Å². The third-order valence-electron chi connectivity index (χ3n) is 4.92. The summed E-state index contributed by atoms with van der Waals surface area (Å²) in [5.41, 5.74) is 5.56. The average Bonchev–Trinajstić information content (AvgIpc) is 2.73. The number of hydrogen-bond acceptors (Lipinski definition) is 3. The number of hydrogen-bond donors (Lipinski definition) is 1. The van der Waals surface area contributed by atoms with E-state index in [1.54, 1.807) is 0 Å². The number of nitrogens with zero attached hydrogens (tertiary/aromatic N) is 2. The first kappa shape index (κ1) is 18.9. The van der Waals surface area contributed by atoms with Crippen molar-refractivity contribution in [2.45, 2.75) is 65.2 Å². The summed E-state index contributed by atoms with van der Waals surface area (Å²) in [5, 5.41) is 0. The Hall–Kier alpha value is -0.120. The minimum absolute atomic E-state index is 0.851. The molecule has 1 heterocycles. The second-order valence-corrected chi connectivity index (χ2v) is 6.76. The van der Waals surface area contributed by atoms with Gasteiger partial charge in [-0.1, -0.05) is 39.5 Å². The standard InChI is InChI=1S/C18H39N3/c1-3-5-10-18(4-2)17-21-14-9-13-20(15-16-21)12-8-6-7-11-19/h18H,3-17,19H2,1-2H3. The highest BCUT2D eigenvalue weighted by Crippen LogP contribution is 2.15. The molecule has 0 aromatic carbocycles. The first-order valence-electron chi connectivity index (χ1n) is 9.44. The van der Waals surface area contributed by atoms with Crippen molar-refractivity contribution in [3.8, 4) is 0 Å². The van der Waals surface area contributed by atoms with Gasteiger partial charge in [0.05, 0.1) is 0 Å². The molecule has 1 atom stereocenters. The van der Waals surface area contributed by atoms with Gasteiger partial charge in [0.2, 0.25) is 0 Å². The molecule has 1 rings (SSSR count). The predicted octanol–water partition coefficient (Wildman–Crippen LogP) is 3.34. The lowest BCUT2D eigenvalue weighted by Gasteiger charge is -2.26. The van der Waals surface area contributed by atoms with Crippen molar-refractivity contribution in [1.82, 2.24) is 9.80 Å². The van der Waals surface area contributed by atoms with E-state index in [-0.39, 0.29) is 0 Å². The van der Waals surface area contributed by atoms with Crippen molar-refractivity contribution in [2.24, 2.45) is 11.7 Å². The second kappa shape index (κ2) is 12.4. The van der Waals surface area contributed by atoms with Gasteiger partial charge in [-0.3, -0.25) is 0 Å². The van der Waals surface area contributed by atoms with Gasteiger partial charge in [0.15, 0.2) is 0 Å². The van der Waals surface area contributed by atoms with E-state index in [0.717, 1.165) is 12.5 Å². The van der Waals surface area contributed by atoms with Crippen LogP contribution in [0.4, 0.5) is 0 Å². The molecule has 21 heavy (non-hydrogen) atoms. The van der Waals surface area contributed by atoms with E-state index < -0.39 is 0 Å². The zero-order valence-electron chi connectivity index (χ0n) is 14.7. The van der Waals surface area contributed by atoms with Crippen LogP contribution in [0.1, 0.15) is 65.2 Å². The predicted molar refractivity (Wildman–Crippen MR) is 93.7 cm³/mol. The number of nitrogens with two attached hydrogens (primary N) is 1. The fourth-order valence-corrected chi connectivity index (χ4v) is 3.37. The van der Waals surface area contributed by atoms with Crippen molar-refractivity contribution in [2.75, 3.05) is 45.8 Å². The lowest BCUT2D eigenvalue weighted by atomic mass is 9.98. The Balaban J connectivity index is 2.21. The van der Waals surface area contributed by atoms with E-state index in [4.69, 9.17) is 5.73 Å². The summed E-state index contributed by atoms with van der Waals surface area (Å²) in [4.78, 5) is 5.40. The molecule has 0 aromatic rings. The summed E-state index contributed by atoms with van der Waals surface area (Å²) in [6, 6.07) is 0. The molecule has 1 fully saturated rings. The van der Waals surface area contributed by atoms with Crippen LogP contribution in [0.15, 0.2) is 0 Å². The van der Waals surface area contributed by atoms with Crippen molar-refractivity contribution in [3.63, 3.8) is 0 Å². The SMILES string of the molecule is CCCCC(CC)CN1CCCN(CCCCCN)CC1. The quantitative estimate of drug-likeness (QED) is 0.594. The molecule has 0 spiro atoms. The molecule has 0 amide bonds. The smallest absolute Gasteiger partial charge is 0.0109 e. The van der Waals surface area contributed by atoms with E-state index in [2.05, 4.69) is 23.6 Å². The van der Waals surface area contributed by atoms with Gasteiger partial charge in [-0.05, 0) is 57.8 Å². The van der Waals surface area contributed by atoms with Crippen LogP contribution in [0.3, 0.4) is 0 Å². The minimum atomic E-state index is 0.851. The fraction of sp³-hybridized carbons (Fsp3) is 1.00. The van der Waals surface area contributed by atoms with Crippen LogP contribution in [0, 0.1) is 5.92 Å². The van der Waals surface area contributed by atoms with E-state index in [0.29, 0.717) is 0 Å². The topological polar surface area (TPSA) is 32.5 Å². The largest absolute Gasteiger partial charge is 0.330 e. The molecule has 3 heteroatoms. The normalized spacial score (nSPS) is 19.6. The second-order valence-electron chi connectivity index (χ2n) is 6.76. The summed E-state index contributed by atoms with van der Waals surface area (Å²) < 4.78 is 0. The van der Waals surface area contributed by atoms with E-state index in [1.807, 2.05) is 0 Å². The average molecular weight is 298 g/mol. The van der Waals surface area contributed by atoms with Crippen molar-refractivity contribution in [1.29, 1.82) is 0 Å². The molecular formula is C18H39N3. The maximum atomic E-state index is 5.56. The van der Waals surface area contributed by atoms with Crippen LogP contribution < -0.4 is 5.73 Å². The molecule has 126 valence electrons. The Bertz CT molecular complexity index is 233. The Morgan fingerprint density at radius 2 is 1.67 bits per heavy atom. The van der Waals surface area contributed by atoms with Crippen molar-refractivity contribution >= 4 is 0 Å². The van der Waals surface area contributed by atoms with Crippen LogP contribution in [0.2, 0.25) is 0 Å². The summed E-state index contributed by atoms with van der Waals surface area (Å²) in [6.45, 7) is 13.3.